The average Bonchev–Trinajstić information content (AvgIpc) is 2.51. The summed E-state index contributed by atoms with van der Waals surface area (Å²) in [6.45, 7) is 0. The normalized spacial score (nSPS) is 10.8. The van der Waals surface area contributed by atoms with Gasteiger partial charge in [0, 0.05) is 11.5 Å². The molecule has 0 saturated carbocycles. The summed E-state index contributed by atoms with van der Waals surface area (Å²) in [6, 6.07) is 14.8. The van der Waals surface area contributed by atoms with Crippen LogP contribution >= 0.6 is 34.8 Å². The van der Waals surface area contributed by atoms with Gasteiger partial charge in [0.2, 0.25) is 0 Å². The number of hydrogen-bond acceptors (Lipinski definition) is 2. The van der Waals surface area contributed by atoms with Gasteiger partial charge in [-0.3, -0.25) is 4.98 Å². The SMILES string of the molecule is ClCc1cc(Oc2cccc(Cl)c2Cl)c2ccccc2n1. The Bertz CT molecular complexity index is 805. The van der Waals surface area contributed by atoms with Crippen LogP contribution in [0.15, 0.2) is 48.5 Å². The maximum Gasteiger partial charge on any atom is 0.147 e. The lowest BCUT2D eigenvalue weighted by atomic mass is 10.2. The van der Waals surface area contributed by atoms with Crippen molar-refractivity contribution in [1.82, 2.24) is 4.98 Å². The zero-order valence-electron chi connectivity index (χ0n) is 10.8. The predicted molar refractivity (Wildman–Crippen MR) is 87.8 cm³/mol. The van der Waals surface area contributed by atoms with Gasteiger partial charge in [-0.1, -0.05) is 41.4 Å². The van der Waals surface area contributed by atoms with E-state index in [0.29, 0.717) is 27.4 Å². The first-order chi connectivity index (χ1) is 10.2. The monoisotopic (exact) mass is 337 g/mol. The standard InChI is InChI=1S/C16H10Cl3NO/c17-9-10-8-15(11-4-1-2-6-13(11)20-10)21-14-7-3-5-12(18)16(14)19/h1-8H,9H2. The molecule has 0 fully saturated rings. The second-order valence-electron chi connectivity index (χ2n) is 4.42. The fourth-order valence-corrected chi connectivity index (χ4v) is 2.50. The van der Waals surface area contributed by atoms with Crippen LogP contribution < -0.4 is 4.74 Å². The fourth-order valence-electron chi connectivity index (χ4n) is 2.03. The Kier molecular flexibility index (Phi) is 4.20. The number of rotatable bonds is 3. The van der Waals surface area contributed by atoms with E-state index < -0.39 is 0 Å². The lowest BCUT2D eigenvalue weighted by molar-refractivity contribution is 0.487. The number of ether oxygens (including phenoxy) is 1. The molecule has 0 atom stereocenters. The van der Waals surface area contributed by atoms with Crippen molar-refractivity contribution >= 4 is 45.7 Å². The maximum atomic E-state index is 6.17. The Morgan fingerprint density at radius 1 is 0.952 bits per heavy atom. The highest BCUT2D eigenvalue weighted by Gasteiger charge is 2.11. The van der Waals surface area contributed by atoms with E-state index in [1.165, 1.54) is 0 Å². The molecular weight excluding hydrogens is 329 g/mol. The van der Waals surface area contributed by atoms with Crippen LogP contribution in [-0.2, 0) is 5.88 Å². The maximum absolute atomic E-state index is 6.17. The second kappa shape index (κ2) is 6.10. The molecule has 0 unspecified atom stereocenters. The van der Waals surface area contributed by atoms with Gasteiger partial charge >= 0.3 is 0 Å². The van der Waals surface area contributed by atoms with Gasteiger partial charge in [0.25, 0.3) is 0 Å². The van der Waals surface area contributed by atoms with E-state index in [9.17, 15) is 0 Å². The van der Waals surface area contributed by atoms with E-state index in [1.807, 2.05) is 30.3 Å². The number of alkyl halides is 1. The number of halogens is 3. The number of hydrogen-bond donors (Lipinski definition) is 0. The van der Waals surface area contributed by atoms with Crippen molar-refractivity contribution in [3.8, 4) is 11.5 Å². The molecule has 0 aliphatic heterocycles. The smallest absolute Gasteiger partial charge is 0.147 e. The molecule has 0 aliphatic rings. The predicted octanol–water partition coefficient (Wildman–Crippen LogP) is 6.07. The molecule has 3 rings (SSSR count). The Hall–Kier alpha value is -1.48. The van der Waals surface area contributed by atoms with Crippen LogP contribution in [0.4, 0.5) is 0 Å². The van der Waals surface area contributed by atoms with Crippen molar-refractivity contribution in [2.24, 2.45) is 0 Å². The largest absolute Gasteiger partial charge is 0.455 e. The van der Waals surface area contributed by atoms with Crippen LogP contribution in [0.5, 0.6) is 11.5 Å². The van der Waals surface area contributed by atoms with Crippen LogP contribution in [0.2, 0.25) is 10.0 Å². The summed E-state index contributed by atoms with van der Waals surface area (Å²) >= 11 is 18.1. The highest BCUT2D eigenvalue weighted by molar-refractivity contribution is 6.42. The summed E-state index contributed by atoms with van der Waals surface area (Å²) in [6.07, 6.45) is 0. The molecule has 3 aromatic rings. The number of pyridine rings is 1. The summed E-state index contributed by atoms with van der Waals surface area (Å²) in [7, 11) is 0. The molecular formula is C16H10Cl3NO. The molecule has 1 aromatic heterocycles. The molecule has 0 radical (unpaired) electrons. The van der Waals surface area contributed by atoms with Crippen molar-refractivity contribution < 1.29 is 4.74 Å². The topological polar surface area (TPSA) is 22.1 Å². The van der Waals surface area contributed by atoms with Gasteiger partial charge in [-0.2, -0.15) is 0 Å². The van der Waals surface area contributed by atoms with Crippen molar-refractivity contribution in [3.63, 3.8) is 0 Å². The van der Waals surface area contributed by atoms with Crippen LogP contribution in [0.1, 0.15) is 5.69 Å². The third-order valence-electron chi connectivity index (χ3n) is 3.00. The molecule has 5 heteroatoms. The number of aromatic nitrogens is 1. The summed E-state index contributed by atoms with van der Waals surface area (Å²) in [5, 5.41) is 1.72. The summed E-state index contributed by atoms with van der Waals surface area (Å²) in [5.74, 6) is 1.46. The Balaban J connectivity index is 2.13. The third-order valence-corrected chi connectivity index (χ3v) is 4.08. The van der Waals surface area contributed by atoms with E-state index in [-0.39, 0.29) is 0 Å². The highest BCUT2D eigenvalue weighted by atomic mass is 35.5. The number of nitrogens with zero attached hydrogens (tertiary/aromatic N) is 1. The van der Waals surface area contributed by atoms with E-state index in [2.05, 4.69) is 4.98 Å². The first kappa shape index (κ1) is 14.5. The Morgan fingerprint density at radius 2 is 1.76 bits per heavy atom. The van der Waals surface area contributed by atoms with Crippen LogP contribution in [0, 0.1) is 0 Å². The van der Waals surface area contributed by atoms with E-state index in [0.717, 1.165) is 16.6 Å². The molecule has 2 aromatic carbocycles. The number of fused-ring (bicyclic) bond motifs is 1. The zero-order chi connectivity index (χ0) is 14.8. The van der Waals surface area contributed by atoms with Gasteiger partial charge in [-0.25, -0.2) is 0 Å². The van der Waals surface area contributed by atoms with Crippen molar-refractivity contribution in [2.45, 2.75) is 5.88 Å². The Morgan fingerprint density at radius 3 is 2.57 bits per heavy atom. The summed E-state index contributed by atoms with van der Waals surface area (Å²) in [5.41, 5.74) is 1.56. The van der Waals surface area contributed by atoms with E-state index in [4.69, 9.17) is 39.5 Å². The van der Waals surface area contributed by atoms with Crippen molar-refractivity contribution in [1.29, 1.82) is 0 Å². The van der Waals surface area contributed by atoms with Crippen LogP contribution in [-0.4, -0.2) is 4.98 Å². The first-order valence-electron chi connectivity index (χ1n) is 6.25. The number of benzene rings is 2. The molecule has 21 heavy (non-hydrogen) atoms. The van der Waals surface area contributed by atoms with Gasteiger partial charge in [-0.15, -0.1) is 11.6 Å². The summed E-state index contributed by atoms with van der Waals surface area (Å²) < 4.78 is 5.93. The minimum absolute atomic E-state index is 0.310. The molecule has 0 aliphatic carbocycles. The molecule has 0 bridgehead atoms. The van der Waals surface area contributed by atoms with Gasteiger partial charge < -0.3 is 4.74 Å². The van der Waals surface area contributed by atoms with Gasteiger partial charge in [0.1, 0.15) is 16.5 Å². The van der Waals surface area contributed by atoms with Crippen LogP contribution in [0.3, 0.4) is 0 Å². The minimum Gasteiger partial charge on any atom is -0.455 e. The molecule has 106 valence electrons. The second-order valence-corrected chi connectivity index (χ2v) is 5.47. The van der Waals surface area contributed by atoms with Gasteiger partial charge in [0.15, 0.2) is 0 Å². The first-order valence-corrected chi connectivity index (χ1v) is 7.54. The van der Waals surface area contributed by atoms with E-state index in [1.54, 1.807) is 18.2 Å². The van der Waals surface area contributed by atoms with Crippen molar-refractivity contribution in [2.75, 3.05) is 0 Å². The lowest BCUT2D eigenvalue weighted by Gasteiger charge is -2.12. The molecule has 0 amide bonds. The molecule has 0 N–H and O–H groups in total. The Labute approximate surface area is 137 Å². The average molecular weight is 339 g/mol. The van der Waals surface area contributed by atoms with Gasteiger partial charge in [-0.05, 0) is 24.3 Å². The molecule has 1 heterocycles. The highest BCUT2D eigenvalue weighted by Crippen LogP contribution is 2.37. The van der Waals surface area contributed by atoms with Gasteiger partial charge in [0.05, 0.1) is 22.1 Å². The fraction of sp³-hybridized carbons (Fsp3) is 0.0625. The van der Waals surface area contributed by atoms with Crippen LogP contribution in [0.25, 0.3) is 10.9 Å². The number of para-hydroxylation sites is 1. The third kappa shape index (κ3) is 2.93. The van der Waals surface area contributed by atoms with E-state index >= 15 is 0 Å². The molecule has 0 spiro atoms. The lowest BCUT2D eigenvalue weighted by Crippen LogP contribution is -1.93. The quantitative estimate of drug-likeness (QED) is 0.540. The summed E-state index contributed by atoms with van der Waals surface area (Å²) in [4.78, 5) is 4.46. The zero-order valence-corrected chi connectivity index (χ0v) is 13.1. The minimum atomic E-state index is 0.310. The molecule has 2 nitrogen and oxygen atoms in total. The van der Waals surface area contributed by atoms with Crippen molar-refractivity contribution in [3.05, 3.63) is 64.3 Å². The molecule has 0 saturated heterocycles.